The van der Waals surface area contributed by atoms with Gasteiger partial charge in [0.2, 0.25) is 5.91 Å². The van der Waals surface area contributed by atoms with Gasteiger partial charge in [0.05, 0.1) is 26.7 Å². The van der Waals surface area contributed by atoms with Crippen LogP contribution in [0.25, 0.3) is 0 Å². The third kappa shape index (κ3) is 4.65. The molecule has 3 aromatic rings. The first kappa shape index (κ1) is 18.9. The van der Waals surface area contributed by atoms with Crippen molar-refractivity contribution in [1.29, 1.82) is 0 Å². The summed E-state index contributed by atoms with van der Waals surface area (Å²) >= 11 is 1.54. The van der Waals surface area contributed by atoms with Crippen LogP contribution in [0.5, 0.6) is 11.5 Å². The number of amides is 1. The second-order valence-electron chi connectivity index (χ2n) is 5.93. The lowest BCUT2D eigenvalue weighted by Crippen LogP contribution is -2.30. The van der Waals surface area contributed by atoms with Gasteiger partial charge >= 0.3 is 0 Å². The van der Waals surface area contributed by atoms with Crippen molar-refractivity contribution in [2.24, 2.45) is 0 Å². The molecule has 27 heavy (non-hydrogen) atoms. The Morgan fingerprint density at radius 1 is 1.07 bits per heavy atom. The van der Waals surface area contributed by atoms with Gasteiger partial charge in [-0.1, -0.05) is 24.3 Å². The Kier molecular flexibility index (Phi) is 6.08. The maximum absolute atomic E-state index is 13.3. The number of methoxy groups -OCH3 is 2. The molecule has 0 saturated heterocycles. The van der Waals surface area contributed by atoms with E-state index in [1.165, 1.54) is 12.1 Å². The average Bonchev–Trinajstić information content (AvgIpc) is 3.21. The highest BCUT2D eigenvalue weighted by Gasteiger charge is 2.18. The summed E-state index contributed by atoms with van der Waals surface area (Å²) in [6.45, 7) is 0. The second kappa shape index (κ2) is 8.68. The summed E-state index contributed by atoms with van der Waals surface area (Å²) in [6.07, 6.45) is 0.198. The zero-order valence-corrected chi connectivity index (χ0v) is 15.9. The maximum atomic E-state index is 13.3. The van der Waals surface area contributed by atoms with Gasteiger partial charge in [0, 0.05) is 4.88 Å². The van der Waals surface area contributed by atoms with Gasteiger partial charge in [-0.25, -0.2) is 4.39 Å². The Morgan fingerprint density at radius 3 is 2.44 bits per heavy atom. The summed E-state index contributed by atoms with van der Waals surface area (Å²) in [4.78, 5) is 13.6. The first-order chi connectivity index (χ1) is 13.1. The molecule has 1 aromatic heterocycles. The Balaban J connectivity index is 1.78. The summed E-state index contributed by atoms with van der Waals surface area (Å²) in [7, 11) is 3.13. The van der Waals surface area contributed by atoms with Crippen LogP contribution < -0.4 is 14.8 Å². The van der Waals surface area contributed by atoms with Crippen LogP contribution in [-0.4, -0.2) is 20.1 Å². The number of carbonyl (C=O) groups excluding carboxylic acids is 1. The van der Waals surface area contributed by atoms with Crippen LogP contribution in [0.4, 0.5) is 4.39 Å². The Morgan fingerprint density at radius 2 is 1.81 bits per heavy atom. The highest BCUT2D eigenvalue weighted by Crippen LogP contribution is 2.29. The van der Waals surface area contributed by atoms with E-state index in [1.54, 1.807) is 49.8 Å². The molecule has 0 bridgehead atoms. The number of benzene rings is 2. The van der Waals surface area contributed by atoms with E-state index in [-0.39, 0.29) is 24.2 Å². The molecule has 0 aliphatic heterocycles. The molecule has 1 atom stereocenters. The van der Waals surface area contributed by atoms with Crippen LogP contribution in [0.1, 0.15) is 22.0 Å². The predicted octanol–water partition coefficient (Wildman–Crippen LogP) is 4.35. The van der Waals surface area contributed by atoms with Gasteiger partial charge in [-0.2, -0.15) is 0 Å². The van der Waals surface area contributed by atoms with Crippen LogP contribution in [0.3, 0.4) is 0 Å². The van der Waals surface area contributed by atoms with E-state index in [1.807, 2.05) is 23.6 Å². The smallest absolute Gasteiger partial charge is 0.225 e. The fourth-order valence-electron chi connectivity index (χ4n) is 2.82. The zero-order chi connectivity index (χ0) is 19.2. The third-order valence-corrected chi connectivity index (χ3v) is 5.09. The molecule has 4 nitrogen and oxygen atoms in total. The van der Waals surface area contributed by atoms with Crippen molar-refractivity contribution in [1.82, 2.24) is 5.32 Å². The van der Waals surface area contributed by atoms with E-state index >= 15 is 0 Å². The van der Waals surface area contributed by atoms with Gasteiger partial charge in [-0.05, 0) is 46.8 Å². The summed E-state index contributed by atoms with van der Waals surface area (Å²) < 4.78 is 23.8. The highest BCUT2D eigenvalue weighted by molar-refractivity contribution is 7.10. The van der Waals surface area contributed by atoms with E-state index in [0.717, 1.165) is 16.0 Å². The molecular formula is C21H20FNO3S. The number of ether oxygens (including phenoxy) is 2. The molecule has 0 radical (unpaired) electrons. The monoisotopic (exact) mass is 385 g/mol. The topological polar surface area (TPSA) is 47.6 Å². The first-order valence-corrected chi connectivity index (χ1v) is 9.28. The predicted molar refractivity (Wildman–Crippen MR) is 104 cm³/mol. The molecule has 0 fully saturated rings. The van der Waals surface area contributed by atoms with E-state index in [9.17, 15) is 9.18 Å². The lowest BCUT2D eigenvalue weighted by atomic mass is 10.0. The zero-order valence-electron chi connectivity index (χ0n) is 15.1. The van der Waals surface area contributed by atoms with Crippen molar-refractivity contribution in [3.8, 4) is 11.5 Å². The van der Waals surface area contributed by atoms with Crippen molar-refractivity contribution < 1.29 is 18.7 Å². The van der Waals surface area contributed by atoms with Crippen LogP contribution >= 0.6 is 11.3 Å². The lowest BCUT2D eigenvalue weighted by Gasteiger charge is -2.18. The lowest BCUT2D eigenvalue weighted by molar-refractivity contribution is -0.120. The molecule has 6 heteroatoms. The first-order valence-electron chi connectivity index (χ1n) is 8.40. The molecule has 0 spiro atoms. The van der Waals surface area contributed by atoms with Crippen LogP contribution in [0, 0.1) is 5.82 Å². The van der Waals surface area contributed by atoms with Gasteiger partial charge < -0.3 is 14.8 Å². The van der Waals surface area contributed by atoms with Crippen LogP contribution in [0.2, 0.25) is 0 Å². The molecule has 0 aliphatic carbocycles. The van der Waals surface area contributed by atoms with E-state index in [2.05, 4.69) is 5.32 Å². The molecule has 2 aromatic carbocycles. The molecule has 1 N–H and O–H groups in total. The fourth-order valence-corrected chi connectivity index (χ4v) is 3.62. The van der Waals surface area contributed by atoms with Crippen LogP contribution in [0.15, 0.2) is 60.0 Å². The number of thiophene rings is 1. The molecule has 3 rings (SSSR count). The normalized spacial score (nSPS) is 11.7. The maximum Gasteiger partial charge on any atom is 0.225 e. The van der Waals surface area contributed by atoms with Gasteiger partial charge in [0.15, 0.2) is 11.5 Å². The molecule has 1 unspecified atom stereocenters. The van der Waals surface area contributed by atoms with Crippen molar-refractivity contribution in [2.75, 3.05) is 14.2 Å². The molecule has 0 aliphatic rings. The largest absolute Gasteiger partial charge is 0.493 e. The van der Waals surface area contributed by atoms with Crippen molar-refractivity contribution >= 4 is 17.2 Å². The second-order valence-corrected chi connectivity index (χ2v) is 6.91. The Labute approximate surface area is 161 Å². The minimum atomic E-state index is -0.321. The third-order valence-electron chi connectivity index (χ3n) is 4.15. The van der Waals surface area contributed by atoms with E-state index < -0.39 is 0 Å². The van der Waals surface area contributed by atoms with E-state index in [0.29, 0.717) is 11.5 Å². The van der Waals surface area contributed by atoms with Crippen molar-refractivity contribution in [2.45, 2.75) is 12.5 Å². The average molecular weight is 385 g/mol. The summed E-state index contributed by atoms with van der Waals surface area (Å²) in [6, 6.07) is 15.1. The van der Waals surface area contributed by atoms with Crippen LogP contribution in [-0.2, 0) is 11.2 Å². The Bertz CT molecular complexity index is 894. The van der Waals surface area contributed by atoms with Crippen molar-refractivity contribution in [3.05, 3.63) is 81.8 Å². The summed E-state index contributed by atoms with van der Waals surface area (Å²) in [5.74, 6) is 0.755. The van der Waals surface area contributed by atoms with Gasteiger partial charge in [0.1, 0.15) is 5.82 Å². The standard InChI is InChI=1S/C21H20FNO3S/c1-25-17-10-5-14(12-18(17)26-2)13-20(24)23-21(19-4-3-11-27-19)15-6-8-16(22)9-7-15/h3-12,21H,13H2,1-2H3,(H,23,24). The van der Waals surface area contributed by atoms with Crippen molar-refractivity contribution in [3.63, 3.8) is 0 Å². The Hall–Kier alpha value is -2.86. The SMILES string of the molecule is COc1ccc(CC(=O)NC(c2ccc(F)cc2)c2cccs2)cc1OC. The number of carbonyl (C=O) groups is 1. The number of hydrogen-bond donors (Lipinski definition) is 1. The van der Waals surface area contributed by atoms with Gasteiger partial charge in [-0.3, -0.25) is 4.79 Å². The fraction of sp³-hybridized carbons (Fsp3) is 0.190. The summed E-state index contributed by atoms with van der Waals surface area (Å²) in [5.41, 5.74) is 1.65. The number of halogens is 1. The summed E-state index contributed by atoms with van der Waals surface area (Å²) in [5, 5.41) is 5.00. The van der Waals surface area contributed by atoms with Gasteiger partial charge in [0.25, 0.3) is 0 Å². The minimum absolute atomic E-state index is 0.134. The molecule has 1 amide bonds. The number of nitrogens with one attached hydrogen (secondary N) is 1. The van der Waals surface area contributed by atoms with Gasteiger partial charge in [-0.15, -0.1) is 11.3 Å². The van der Waals surface area contributed by atoms with E-state index in [4.69, 9.17) is 9.47 Å². The minimum Gasteiger partial charge on any atom is -0.493 e. The highest BCUT2D eigenvalue weighted by atomic mass is 32.1. The quantitative estimate of drug-likeness (QED) is 0.658. The molecule has 1 heterocycles. The number of rotatable bonds is 7. The number of hydrogen-bond acceptors (Lipinski definition) is 4. The molecular weight excluding hydrogens is 365 g/mol. The molecule has 0 saturated carbocycles. The molecule has 140 valence electrons.